The van der Waals surface area contributed by atoms with Crippen molar-refractivity contribution >= 4 is 0 Å². The lowest BCUT2D eigenvalue weighted by atomic mass is 10.1. The molecule has 0 unspecified atom stereocenters. The lowest BCUT2D eigenvalue weighted by molar-refractivity contribution is -0.493. The minimum Gasteiger partial charge on any atom is -0.806 e. The highest BCUT2D eigenvalue weighted by atomic mass is 16.5. The van der Waals surface area contributed by atoms with E-state index in [1.165, 1.54) is 24.8 Å². The molecule has 2 aliphatic heterocycles. The number of aromatic nitrogens is 2. The van der Waals surface area contributed by atoms with Gasteiger partial charge in [0.05, 0.1) is 9.99 Å². The molecule has 0 bridgehead atoms. The molecule has 60 valence electrons. The van der Waals surface area contributed by atoms with E-state index in [4.69, 9.17) is 0 Å². The van der Waals surface area contributed by atoms with E-state index in [1.54, 1.807) is 12.1 Å². The van der Waals surface area contributed by atoms with E-state index in [1.807, 2.05) is 0 Å². The Morgan fingerprint density at radius 1 is 1.33 bits per heavy atom. The molecule has 0 atom stereocenters. The van der Waals surface area contributed by atoms with E-state index in [9.17, 15) is 10.1 Å². The maximum Gasteiger partial charge on any atom is 0.235 e. The summed E-state index contributed by atoms with van der Waals surface area (Å²) in [5, 5.41) is 10.8. The number of pyridine rings is 2. The van der Waals surface area contributed by atoms with E-state index in [-0.39, 0.29) is 0 Å². The Hall–Kier alpha value is -1.84. The third-order valence-electron chi connectivity index (χ3n) is 1.67. The zero-order valence-corrected chi connectivity index (χ0v) is 6.18. The largest absolute Gasteiger partial charge is 0.806 e. The van der Waals surface area contributed by atoms with Crippen LogP contribution in [-0.2, 0) is 0 Å². The predicted octanol–water partition coefficient (Wildman–Crippen LogP) is 0.853. The number of rotatable bonds is 0. The first-order valence-corrected chi connectivity index (χ1v) is 3.47. The Balaban J connectivity index is 2.80. The van der Waals surface area contributed by atoms with Gasteiger partial charge >= 0.3 is 0 Å². The lowest BCUT2D eigenvalue weighted by Gasteiger charge is -2.11. The van der Waals surface area contributed by atoms with Crippen LogP contribution in [0.2, 0.25) is 0 Å². The zero-order chi connectivity index (χ0) is 8.55. The number of hydrogen-bond acceptors (Lipinski definition) is 2. The molecule has 4 nitrogen and oxygen atoms in total. The van der Waals surface area contributed by atoms with E-state index in [0.29, 0.717) is 9.16 Å². The maximum atomic E-state index is 10.8. The molecule has 0 aromatic carbocycles. The van der Waals surface area contributed by atoms with Gasteiger partial charge in [-0.15, -0.1) is 0 Å². The van der Waals surface area contributed by atoms with Crippen LogP contribution in [0.4, 0.5) is 0 Å². The summed E-state index contributed by atoms with van der Waals surface area (Å²) in [4.78, 5) is 10.8. The van der Waals surface area contributed by atoms with Crippen molar-refractivity contribution in [3.8, 4) is 11.1 Å². The molecule has 0 aromatic rings. The summed E-state index contributed by atoms with van der Waals surface area (Å²) >= 11 is 0. The molecule has 2 heterocycles. The van der Waals surface area contributed by atoms with E-state index < -0.39 is 0 Å². The molecule has 2 rings (SSSR count). The summed E-state index contributed by atoms with van der Waals surface area (Å²) in [6.07, 6.45) is 5.58. The Kier molecular flexibility index (Phi) is 1.33. The standard InChI is InChI=1S/C8H6N2O2/c11-9-3-1-7-5-10(12)4-2-8(7)6-9/h1-6H. The van der Waals surface area contributed by atoms with Crippen molar-refractivity contribution in [2.45, 2.75) is 0 Å². The minimum atomic E-state index is 0.706. The number of fused-ring (bicyclic) bond motifs is 1. The predicted molar refractivity (Wildman–Crippen MR) is 43.2 cm³/mol. The van der Waals surface area contributed by atoms with Gasteiger partial charge in [0.25, 0.3) is 0 Å². The first kappa shape index (κ1) is 6.84. The second kappa shape index (κ2) is 2.34. The molecule has 12 heavy (non-hydrogen) atoms. The molecule has 0 aromatic heterocycles. The average Bonchev–Trinajstić information content (AvgIpc) is 2.05. The van der Waals surface area contributed by atoms with Gasteiger partial charge in [-0.2, -0.15) is 0 Å². The zero-order valence-electron chi connectivity index (χ0n) is 6.18. The first-order valence-electron chi connectivity index (χ1n) is 3.47. The van der Waals surface area contributed by atoms with E-state index in [2.05, 4.69) is 0 Å². The molecule has 0 saturated heterocycles. The van der Waals surface area contributed by atoms with Crippen LogP contribution in [0.3, 0.4) is 0 Å². The van der Waals surface area contributed by atoms with E-state index >= 15 is 0 Å². The topological polar surface area (TPSA) is 51.0 Å². The highest BCUT2D eigenvalue weighted by Crippen LogP contribution is 2.16. The highest BCUT2D eigenvalue weighted by molar-refractivity contribution is 5.60. The third-order valence-corrected chi connectivity index (χ3v) is 1.67. The molecule has 4 heteroatoms. The smallest absolute Gasteiger partial charge is 0.235 e. The van der Waals surface area contributed by atoms with Crippen LogP contribution in [0.15, 0.2) is 36.9 Å². The SMILES string of the molecule is O=[n+]1ccc2cn([O-])ccc-2c1. The summed E-state index contributed by atoms with van der Waals surface area (Å²) < 4.78 is 1.41. The van der Waals surface area contributed by atoms with Gasteiger partial charge in [-0.1, -0.05) is 0 Å². The summed E-state index contributed by atoms with van der Waals surface area (Å²) in [6.45, 7) is 0. The Labute approximate surface area is 68.2 Å². The Morgan fingerprint density at radius 3 is 3.00 bits per heavy atom. The molecular weight excluding hydrogens is 156 g/mol. The average molecular weight is 162 g/mol. The lowest BCUT2D eigenvalue weighted by Crippen LogP contribution is -2.12. The summed E-state index contributed by atoms with van der Waals surface area (Å²) in [5.74, 6) is 0. The molecule has 2 aliphatic rings. The van der Waals surface area contributed by atoms with Gasteiger partial charge in [-0.05, 0) is 12.3 Å². The van der Waals surface area contributed by atoms with Crippen molar-refractivity contribution in [3.05, 3.63) is 47.0 Å². The van der Waals surface area contributed by atoms with Gasteiger partial charge in [0.2, 0.25) is 12.4 Å². The van der Waals surface area contributed by atoms with Crippen molar-refractivity contribution in [1.82, 2.24) is 4.73 Å². The number of hydrogen-bond donors (Lipinski definition) is 0. The second-order valence-electron chi connectivity index (χ2n) is 2.52. The van der Waals surface area contributed by atoms with Crippen LogP contribution >= 0.6 is 0 Å². The first-order chi connectivity index (χ1) is 5.75. The monoisotopic (exact) mass is 162 g/mol. The van der Waals surface area contributed by atoms with Gasteiger partial charge in [0.15, 0.2) is 0 Å². The fourth-order valence-corrected chi connectivity index (χ4v) is 1.10. The third kappa shape index (κ3) is 1.03. The molecule has 0 saturated carbocycles. The molecule has 0 spiro atoms. The summed E-state index contributed by atoms with van der Waals surface area (Å²) in [7, 11) is 0. The van der Waals surface area contributed by atoms with E-state index in [0.717, 1.165) is 11.1 Å². The quantitative estimate of drug-likeness (QED) is 0.539. The molecule has 0 fully saturated rings. The van der Waals surface area contributed by atoms with Gasteiger partial charge in [0, 0.05) is 22.7 Å². The van der Waals surface area contributed by atoms with Crippen molar-refractivity contribution in [1.29, 1.82) is 0 Å². The minimum absolute atomic E-state index is 0.706. The summed E-state index contributed by atoms with van der Waals surface area (Å²) in [6, 6.07) is 3.22. The van der Waals surface area contributed by atoms with Crippen LogP contribution in [0, 0.1) is 10.1 Å². The van der Waals surface area contributed by atoms with Crippen molar-refractivity contribution in [2.75, 3.05) is 0 Å². The van der Waals surface area contributed by atoms with Crippen molar-refractivity contribution in [2.24, 2.45) is 0 Å². The summed E-state index contributed by atoms with van der Waals surface area (Å²) in [5.41, 5.74) is 1.53. The molecule has 0 radical (unpaired) electrons. The fourth-order valence-electron chi connectivity index (χ4n) is 1.10. The Bertz CT molecular complexity index is 436. The van der Waals surface area contributed by atoms with Crippen LogP contribution in [0.25, 0.3) is 11.1 Å². The van der Waals surface area contributed by atoms with Crippen LogP contribution in [-0.4, -0.2) is 4.73 Å². The van der Waals surface area contributed by atoms with Gasteiger partial charge < -0.3 is 9.94 Å². The van der Waals surface area contributed by atoms with Gasteiger partial charge in [-0.25, -0.2) is 0 Å². The Morgan fingerprint density at radius 2 is 2.17 bits per heavy atom. The van der Waals surface area contributed by atoms with Crippen LogP contribution in [0.1, 0.15) is 0 Å². The molecule has 0 aliphatic carbocycles. The highest BCUT2D eigenvalue weighted by Gasteiger charge is 2.04. The number of nitrogens with zero attached hydrogens (tertiary/aromatic N) is 2. The van der Waals surface area contributed by atoms with Gasteiger partial charge in [0.1, 0.15) is 0 Å². The van der Waals surface area contributed by atoms with Gasteiger partial charge in [-0.3, -0.25) is 0 Å². The second-order valence-corrected chi connectivity index (χ2v) is 2.52. The van der Waals surface area contributed by atoms with Crippen LogP contribution < -0.4 is 4.43 Å². The molecular formula is C8H6N2O2. The van der Waals surface area contributed by atoms with Crippen molar-refractivity contribution < 1.29 is 4.43 Å². The normalized spacial score (nSPS) is 10.3. The van der Waals surface area contributed by atoms with Crippen LogP contribution in [0.5, 0.6) is 0 Å². The molecule has 0 N–H and O–H groups in total. The molecule has 0 amide bonds. The maximum absolute atomic E-state index is 10.8. The fraction of sp³-hybridized carbons (Fsp3) is 0. The van der Waals surface area contributed by atoms with Crippen molar-refractivity contribution in [3.63, 3.8) is 0 Å².